The molecule has 0 radical (unpaired) electrons. The van der Waals surface area contributed by atoms with Crippen LogP contribution in [0.5, 0.6) is 0 Å². The largest absolute Gasteiger partial charge is 0.468 e. The molecule has 6 nitrogen and oxygen atoms in total. The van der Waals surface area contributed by atoms with E-state index < -0.39 is 38.5 Å². The van der Waals surface area contributed by atoms with E-state index in [1.165, 1.54) is 14.2 Å². The van der Waals surface area contributed by atoms with E-state index in [2.05, 4.69) is 6.58 Å². The highest BCUT2D eigenvalue weighted by Gasteiger charge is 2.61. The van der Waals surface area contributed by atoms with Gasteiger partial charge in [-0.25, -0.2) is 8.42 Å². The SMILES string of the molecule is C=CC1(C)CC(C(=O)OC)(C(=O)OC)CC1CS(=O)(=O)c1ccc(C)cc1. The number of methoxy groups -OCH3 is 2. The summed E-state index contributed by atoms with van der Waals surface area (Å²) in [7, 11) is -1.20. The summed E-state index contributed by atoms with van der Waals surface area (Å²) in [5, 5.41) is 0. The van der Waals surface area contributed by atoms with E-state index in [0.29, 0.717) is 0 Å². The molecule has 1 aliphatic rings. The average Bonchev–Trinajstić information content (AvgIpc) is 2.94. The molecular weight excluding hydrogens is 368 g/mol. The summed E-state index contributed by atoms with van der Waals surface area (Å²) < 4.78 is 35.6. The Morgan fingerprint density at radius 1 is 1.19 bits per heavy atom. The highest BCUT2D eigenvalue weighted by molar-refractivity contribution is 7.91. The number of aryl methyl sites for hydroxylation is 1. The number of allylic oxidation sites excluding steroid dienone is 1. The van der Waals surface area contributed by atoms with Gasteiger partial charge in [0.15, 0.2) is 15.3 Å². The molecule has 2 rings (SSSR count). The molecule has 1 fully saturated rings. The molecule has 0 amide bonds. The zero-order chi connectivity index (χ0) is 20.5. The van der Waals surface area contributed by atoms with Crippen LogP contribution in [0.1, 0.15) is 25.3 Å². The van der Waals surface area contributed by atoms with Crippen molar-refractivity contribution in [3.63, 3.8) is 0 Å². The molecule has 0 spiro atoms. The van der Waals surface area contributed by atoms with Crippen LogP contribution in [0.25, 0.3) is 0 Å². The van der Waals surface area contributed by atoms with Crippen molar-refractivity contribution in [3.8, 4) is 0 Å². The van der Waals surface area contributed by atoms with E-state index in [9.17, 15) is 18.0 Å². The van der Waals surface area contributed by atoms with Gasteiger partial charge in [-0.1, -0.05) is 30.7 Å². The maximum atomic E-state index is 12.9. The van der Waals surface area contributed by atoms with Gasteiger partial charge in [0.1, 0.15) is 0 Å². The van der Waals surface area contributed by atoms with Gasteiger partial charge in [0.2, 0.25) is 0 Å². The summed E-state index contributed by atoms with van der Waals surface area (Å²) in [6.07, 6.45) is 1.74. The first-order valence-corrected chi connectivity index (χ1v) is 10.3. The minimum absolute atomic E-state index is 0.0277. The van der Waals surface area contributed by atoms with Crippen LogP contribution in [0, 0.1) is 23.7 Å². The van der Waals surface area contributed by atoms with Crippen molar-refractivity contribution < 1.29 is 27.5 Å². The molecule has 27 heavy (non-hydrogen) atoms. The smallest absolute Gasteiger partial charge is 0.323 e. The summed E-state index contributed by atoms with van der Waals surface area (Å²) in [5.74, 6) is -2.11. The molecule has 0 saturated heterocycles. The number of hydrogen-bond donors (Lipinski definition) is 0. The lowest BCUT2D eigenvalue weighted by Crippen LogP contribution is -2.39. The molecule has 0 N–H and O–H groups in total. The molecule has 1 aromatic rings. The maximum Gasteiger partial charge on any atom is 0.323 e. The van der Waals surface area contributed by atoms with Crippen molar-refractivity contribution >= 4 is 21.8 Å². The standard InChI is InChI=1S/C20H26O6S/c1-6-19(3)13-20(17(21)25-4,18(22)26-5)11-15(19)12-27(23,24)16-9-7-14(2)8-10-16/h6-10,15H,1,11-13H2,2-5H3. The third-order valence-corrected chi connectivity index (χ3v) is 7.46. The number of sulfone groups is 1. The molecule has 1 saturated carbocycles. The Balaban J connectivity index is 2.43. The molecule has 7 heteroatoms. The average molecular weight is 394 g/mol. The van der Waals surface area contributed by atoms with Crippen LogP contribution in [0.15, 0.2) is 41.8 Å². The molecule has 1 aromatic carbocycles. The van der Waals surface area contributed by atoms with Crippen LogP contribution >= 0.6 is 0 Å². The van der Waals surface area contributed by atoms with Gasteiger partial charge in [-0.3, -0.25) is 9.59 Å². The Bertz CT molecular complexity index is 824. The number of carbonyl (C=O) groups excluding carboxylic acids is 2. The normalized spacial score (nSPS) is 24.2. The number of ether oxygens (including phenoxy) is 2. The van der Waals surface area contributed by atoms with Crippen LogP contribution in [0.3, 0.4) is 0 Å². The lowest BCUT2D eigenvalue weighted by molar-refractivity contribution is -0.169. The van der Waals surface area contributed by atoms with Crippen molar-refractivity contribution in [1.29, 1.82) is 0 Å². The Morgan fingerprint density at radius 3 is 2.15 bits per heavy atom. The third-order valence-electron chi connectivity index (χ3n) is 5.63. The molecule has 0 aliphatic heterocycles. The van der Waals surface area contributed by atoms with Crippen molar-refractivity contribution in [2.45, 2.75) is 31.6 Å². The number of carbonyl (C=O) groups is 2. The summed E-state index contributed by atoms with van der Waals surface area (Å²) in [6.45, 7) is 7.50. The summed E-state index contributed by atoms with van der Waals surface area (Å²) in [6, 6.07) is 6.61. The minimum Gasteiger partial charge on any atom is -0.468 e. The molecule has 1 aliphatic carbocycles. The van der Waals surface area contributed by atoms with E-state index in [1.54, 1.807) is 30.3 Å². The Kier molecular flexibility index (Phi) is 5.85. The van der Waals surface area contributed by atoms with E-state index in [1.807, 2.05) is 13.8 Å². The summed E-state index contributed by atoms with van der Waals surface area (Å²) >= 11 is 0. The van der Waals surface area contributed by atoms with Crippen molar-refractivity contribution in [2.24, 2.45) is 16.7 Å². The quantitative estimate of drug-likeness (QED) is 0.419. The summed E-state index contributed by atoms with van der Waals surface area (Å²) in [4.78, 5) is 25.1. The third kappa shape index (κ3) is 3.78. The Hall–Kier alpha value is -2.15. The van der Waals surface area contributed by atoms with Crippen molar-refractivity contribution in [3.05, 3.63) is 42.5 Å². The molecule has 0 aromatic heterocycles. The second kappa shape index (κ2) is 7.46. The van der Waals surface area contributed by atoms with E-state index in [-0.39, 0.29) is 23.5 Å². The second-order valence-corrected chi connectivity index (χ2v) is 9.48. The summed E-state index contributed by atoms with van der Waals surface area (Å²) in [5.41, 5.74) is -1.30. The molecule has 2 atom stereocenters. The maximum absolute atomic E-state index is 12.9. The van der Waals surface area contributed by atoms with Gasteiger partial charge in [-0.05, 0) is 43.2 Å². The van der Waals surface area contributed by atoms with E-state index in [4.69, 9.17) is 9.47 Å². The number of benzene rings is 1. The monoisotopic (exact) mass is 394 g/mol. The fourth-order valence-corrected chi connectivity index (χ4v) is 5.67. The second-order valence-electron chi connectivity index (χ2n) is 7.45. The number of esters is 2. The first-order valence-electron chi connectivity index (χ1n) is 8.64. The van der Waals surface area contributed by atoms with Crippen LogP contribution in [-0.2, 0) is 28.9 Å². The van der Waals surface area contributed by atoms with Crippen LogP contribution in [0.2, 0.25) is 0 Å². The Morgan fingerprint density at radius 2 is 1.70 bits per heavy atom. The predicted molar refractivity (Wildman–Crippen MR) is 101 cm³/mol. The molecule has 0 heterocycles. The lowest BCUT2D eigenvalue weighted by Gasteiger charge is -2.28. The zero-order valence-corrected chi connectivity index (χ0v) is 17.0. The highest BCUT2D eigenvalue weighted by atomic mass is 32.2. The van der Waals surface area contributed by atoms with Gasteiger partial charge < -0.3 is 9.47 Å². The first kappa shape index (κ1) is 21.2. The Labute approximate surface area is 160 Å². The topological polar surface area (TPSA) is 86.7 Å². The fraction of sp³-hybridized carbons (Fsp3) is 0.500. The lowest BCUT2D eigenvalue weighted by atomic mass is 9.79. The number of rotatable bonds is 6. The van der Waals surface area contributed by atoms with Gasteiger partial charge in [0, 0.05) is 0 Å². The van der Waals surface area contributed by atoms with E-state index >= 15 is 0 Å². The number of hydrogen-bond acceptors (Lipinski definition) is 6. The first-order chi connectivity index (χ1) is 12.5. The van der Waals surface area contributed by atoms with Gasteiger partial charge >= 0.3 is 11.9 Å². The van der Waals surface area contributed by atoms with Gasteiger partial charge in [0.25, 0.3) is 0 Å². The van der Waals surface area contributed by atoms with Crippen molar-refractivity contribution in [2.75, 3.05) is 20.0 Å². The van der Waals surface area contributed by atoms with Crippen LogP contribution in [0.4, 0.5) is 0 Å². The van der Waals surface area contributed by atoms with Crippen molar-refractivity contribution in [1.82, 2.24) is 0 Å². The van der Waals surface area contributed by atoms with Gasteiger partial charge in [-0.2, -0.15) is 0 Å². The molecule has 148 valence electrons. The molecule has 0 bridgehead atoms. The molecular formula is C20H26O6S. The van der Waals surface area contributed by atoms with Crippen LogP contribution in [-0.4, -0.2) is 40.3 Å². The highest BCUT2D eigenvalue weighted by Crippen LogP contribution is 2.55. The van der Waals surface area contributed by atoms with E-state index in [0.717, 1.165) is 5.56 Å². The van der Waals surface area contributed by atoms with Gasteiger partial charge in [0.05, 0.1) is 24.9 Å². The van der Waals surface area contributed by atoms with Gasteiger partial charge in [-0.15, -0.1) is 6.58 Å². The molecule has 2 unspecified atom stereocenters. The fourth-order valence-electron chi connectivity index (χ4n) is 3.90. The van der Waals surface area contributed by atoms with Crippen LogP contribution < -0.4 is 0 Å². The zero-order valence-electron chi connectivity index (χ0n) is 16.2. The predicted octanol–water partition coefficient (Wildman–Crippen LogP) is 2.70. The minimum atomic E-state index is -3.61.